The Morgan fingerprint density at radius 2 is 1.77 bits per heavy atom. The minimum atomic E-state index is -1.45. The second kappa shape index (κ2) is 8.93. The van der Waals surface area contributed by atoms with Crippen molar-refractivity contribution in [2.45, 2.75) is 32.5 Å². The number of amides is 1. The zero-order chi connectivity index (χ0) is 21.9. The molecule has 0 saturated carbocycles. The molecular formula is C23H26FNO5. The van der Waals surface area contributed by atoms with Crippen LogP contribution in [0.3, 0.4) is 0 Å². The summed E-state index contributed by atoms with van der Waals surface area (Å²) in [6.07, 6.45) is -1.45. The molecule has 0 spiro atoms. The van der Waals surface area contributed by atoms with Crippen LogP contribution >= 0.6 is 0 Å². The van der Waals surface area contributed by atoms with Gasteiger partial charge < -0.3 is 19.5 Å². The van der Waals surface area contributed by atoms with Crippen LogP contribution in [0.1, 0.15) is 42.8 Å². The molecule has 1 N–H and O–H groups in total. The summed E-state index contributed by atoms with van der Waals surface area (Å²) >= 11 is 0. The number of esters is 1. The summed E-state index contributed by atoms with van der Waals surface area (Å²) in [4.78, 5) is 26.5. The van der Waals surface area contributed by atoms with Gasteiger partial charge in [-0.15, -0.1) is 0 Å². The van der Waals surface area contributed by atoms with Gasteiger partial charge in [0.25, 0.3) is 5.91 Å². The monoisotopic (exact) mass is 415 g/mol. The van der Waals surface area contributed by atoms with Crippen LogP contribution in [-0.4, -0.2) is 53.8 Å². The zero-order valence-corrected chi connectivity index (χ0v) is 17.4. The van der Waals surface area contributed by atoms with Crippen molar-refractivity contribution in [3.05, 3.63) is 59.4 Å². The van der Waals surface area contributed by atoms with Crippen molar-refractivity contribution < 1.29 is 28.6 Å². The second-order valence-electron chi connectivity index (χ2n) is 8.16. The fourth-order valence-electron chi connectivity index (χ4n) is 3.19. The summed E-state index contributed by atoms with van der Waals surface area (Å²) in [5.41, 5.74) is 0.860. The molecule has 1 atom stereocenters. The van der Waals surface area contributed by atoms with E-state index in [1.165, 1.54) is 12.1 Å². The first-order valence-corrected chi connectivity index (χ1v) is 9.83. The van der Waals surface area contributed by atoms with Crippen molar-refractivity contribution in [2.24, 2.45) is 0 Å². The number of benzene rings is 2. The van der Waals surface area contributed by atoms with Crippen molar-refractivity contribution in [1.29, 1.82) is 0 Å². The predicted octanol–water partition coefficient (Wildman–Crippen LogP) is 3.34. The van der Waals surface area contributed by atoms with Crippen LogP contribution in [0.5, 0.6) is 0 Å². The highest BCUT2D eigenvalue weighted by atomic mass is 19.1. The molecular weight excluding hydrogens is 389 g/mol. The van der Waals surface area contributed by atoms with Crippen molar-refractivity contribution in [2.75, 3.05) is 26.3 Å². The Labute approximate surface area is 175 Å². The van der Waals surface area contributed by atoms with Crippen LogP contribution in [0.4, 0.5) is 4.39 Å². The van der Waals surface area contributed by atoms with E-state index in [-0.39, 0.29) is 11.5 Å². The third-order valence-electron chi connectivity index (χ3n) is 4.66. The molecule has 160 valence electrons. The topological polar surface area (TPSA) is 76.1 Å². The quantitative estimate of drug-likeness (QED) is 0.775. The highest BCUT2D eigenvalue weighted by Gasteiger charge is 2.25. The van der Waals surface area contributed by atoms with Gasteiger partial charge in [-0.1, -0.05) is 24.3 Å². The predicted molar refractivity (Wildman–Crippen MR) is 109 cm³/mol. The molecule has 0 aromatic heterocycles. The van der Waals surface area contributed by atoms with Crippen LogP contribution < -0.4 is 0 Å². The number of aliphatic hydroxyl groups is 1. The maximum atomic E-state index is 14.4. The van der Waals surface area contributed by atoms with Crippen molar-refractivity contribution in [3.8, 4) is 11.1 Å². The minimum absolute atomic E-state index is 0.0208. The standard InChI is InChI=1S/C23H26FNO5/c1-23(2,3)30-22(28)20(26)17-6-4-5-15(13-17)16-7-8-19(24)18(14-16)21(27)25-9-11-29-12-10-25/h4-8,13-14,20,26H,9-12H2,1-3H3. The second-order valence-corrected chi connectivity index (χ2v) is 8.16. The lowest BCUT2D eigenvalue weighted by molar-refractivity contribution is -0.165. The Balaban J connectivity index is 1.87. The summed E-state index contributed by atoms with van der Waals surface area (Å²) in [5.74, 6) is -1.73. The molecule has 0 bridgehead atoms. The first kappa shape index (κ1) is 21.9. The Kier molecular flexibility index (Phi) is 6.53. The highest BCUT2D eigenvalue weighted by molar-refractivity contribution is 5.96. The van der Waals surface area contributed by atoms with Crippen LogP contribution in [-0.2, 0) is 14.3 Å². The average Bonchev–Trinajstić information content (AvgIpc) is 2.72. The van der Waals surface area contributed by atoms with E-state index < -0.39 is 23.5 Å². The van der Waals surface area contributed by atoms with Gasteiger partial charge in [0, 0.05) is 13.1 Å². The van der Waals surface area contributed by atoms with E-state index >= 15 is 0 Å². The summed E-state index contributed by atoms with van der Waals surface area (Å²) < 4.78 is 24.9. The number of hydrogen-bond acceptors (Lipinski definition) is 5. The van der Waals surface area contributed by atoms with E-state index in [1.807, 2.05) is 0 Å². The molecule has 1 saturated heterocycles. The molecule has 1 aliphatic rings. The van der Waals surface area contributed by atoms with Gasteiger partial charge in [-0.25, -0.2) is 9.18 Å². The van der Waals surface area contributed by atoms with Gasteiger partial charge in [0.1, 0.15) is 11.4 Å². The normalized spacial score (nSPS) is 15.6. The molecule has 1 amide bonds. The van der Waals surface area contributed by atoms with Gasteiger partial charge >= 0.3 is 5.97 Å². The fraction of sp³-hybridized carbons (Fsp3) is 0.391. The van der Waals surface area contributed by atoms with Gasteiger partial charge in [-0.3, -0.25) is 4.79 Å². The maximum Gasteiger partial charge on any atom is 0.340 e. The average molecular weight is 415 g/mol. The molecule has 6 nitrogen and oxygen atoms in total. The van der Waals surface area contributed by atoms with E-state index in [2.05, 4.69) is 0 Å². The Morgan fingerprint density at radius 3 is 2.43 bits per heavy atom. The van der Waals surface area contributed by atoms with Gasteiger partial charge in [0.2, 0.25) is 0 Å². The number of carbonyl (C=O) groups is 2. The van der Waals surface area contributed by atoms with Gasteiger partial charge in [0.05, 0.1) is 18.8 Å². The molecule has 1 fully saturated rings. The number of nitrogens with zero attached hydrogens (tertiary/aromatic N) is 1. The first-order chi connectivity index (χ1) is 14.2. The van der Waals surface area contributed by atoms with E-state index in [0.29, 0.717) is 43.0 Å². The number of halogens is 1. The molecule has 0 aliphatic carbocycles. The van der Waals surface area contributed by atoms with E-state index in [1.54, 1.807) is 56.0 Å². The van der Waals surface area contributed by atoms with E-state index in [0.717, 1.165) is 0 Å². The third-order valence-corrected chi connectivity index (χ3v) is 4.66. The van der Waals surface area contributed by atoms with Gasteiger partial charge in [-0.05, 0) is 55.7 Å². The van der Waals surface area contributed by atoms with Gasteiger partial charge in [0.15, 0.2) is 6.10 Å². The van der Waals surface area contributed by atoms with Crippen molar-refractivity contribution in [1.82, 2.24) is 4.90 Å². The summed E-state index contributed by atoms with van der Waals surface area (Å²) in [7, 11) is 0. The van der Waals surface area contributed by atoms with Gasteiger partial charge in [-0.2, -0.15) is 0 Å². The van der Waals surface area contributed by atoms with Crippen molar-refractivity contribution >= 4 is 11.9 Å². The summed E-state index contributed by atoms with van der Waals surface area (Å²) in [6, 6.07) is 11.0. The molecule has 2 aromatic rings. The Hall–Kier alpha value is -2.77. The number of hydrogen-bond donors (Lipinski definition) is 1. The Bertz CT molecular complexity index is 931. The van der Waals surface area contributed by atoms with E-state index in [4.69, 9.17) is 9.47 Å². The third kappa shape index (κ3) is 5.23. The first-order valence-electron chi connectivity index (χ1n) is 9.83. The molecule has 1 heterocycles. The lowest BCUT2D eigenvalue weighted by Crippen LogP contribution is -2.41. The van der Waals surface area contributed by atoms with Crippen LogP contribution in [0.2, 0.25) is 0 Å². The van der Waals surface area contributed by atoms with Crippen LogP contribution in [0.15, 0.2) is 42.5 Å². The number of ether oxygens (including phenoxy) is 2. The molecule has 0 radical (unpaired) electrons. The summed E-state index contributed by atoms with van der Waals surface area (Å²) in [5, 5.41) is 10.4. The minimum Gasteiger partial charge on any atom is -0.458 e. The lowest BCUT2D eigenvalue weighted by atomic mass is 9.98. The van der Waals surface area contributed by atoms with Crippen molar-refractivity contribution in [3.63, 3.8) is 0 Å². The van der Waals surface area contributed by atoms with E-state index in [9.17, 15) is 19.1 Å². The molecule has 2 aromatic carbocycles. The number of carbonyl (C=O) groups excluding carboxylic acids is 2. The molecule has 1 unspecified atom stereocenters. The number of morpholine rings is 1. The molecule has 30 heavy (non-hydrogen) atoms. The largest absolute Gasteiger partial charge is 0.458 e. The molecule has 3 rings (SSSR count). The SMILES string of the molecule is CC(C)(C)OC(=O)C(O)c1cccc(-c2ccc(F)c(C(=O)N3CCOCC3)c2)c1. The lowest BCUT2D eigenvalue weighted by Gasteiger charge is -2.27. The molecule has 7 heteroatoms. The summed E-state index contributed by atoms with van der Waals surface area (Å²) in [6.45, 7) is 6.86. The number of rotatable bonds is 4. The molecule has 1 aliphatic heterocycles. The van der Waals surface area contributed by atoms with Crippen LogP contribution in [0, 0.1) is 5.82 Å². The Morgan fingerprint density at radius 1 is 1.10 bits per heavy atom. The fourth-order valence-corrected chi connectivity index (χ4v) is 3.19. The zero-order valence-electron chi connectivity index (χ0n) is 17.4. The maximum absolute atomic E-state index is 14.4. The van der Waals surface area contributed by atoms with Crippen LogP contribution in [0.25, 0.3) is 11.1 Å². The highest BCUT2D eigenvalue weighted by Crippen LogP contribution is 2.27. The number of aliphatic hydroxyl groups excluding tert-OH is 1. The smallest absolute Gasteiger partial charge is 0.340 e.